The molecule has 1 atom stereocenters. The third-order valence-corrected chi connectivity index (χ3v) is 4.99. The fourth-order valence-electron chi connectivity index (χ4n) is 2.20. The number of halogens is 1. The monoisotopic (exact) mass is 275 g/mol. The Kier molecular flexibility index (Phi) is 4.01. The normalized spacial score (nSPS) is 24.2. The third kappa shape index (κ3) is 3.29. The number of hydrogen-bond acceptors (Lipinski definition) is 4. The molecule has 18 heavy (non-hydrogen) atoms. The van der Waals surface area contributed by atoms with Crippen molar-refractivity contribution in [3.63, 3.8) is 0 Å². The van der Waals surface area contributed by atoms with Gasteiger partial charge in [-0.15, -0.1) is 0 Å². The molecule has 0 N–H and O–H groups in total. The van der Waals surface area contributed by atoms with E-state index in [2.05, 4.69) is 10.00 Å². The van der Waals surface area contributed by atoms with Crippen molar-refractivity contribution in [3.8, 4) is 0 Å². The van der Waals surface area contributed by atoms with Crippen LogP contribution in [0.25, 0.3) is 0 Å². The Morgan fingerprint density at radius 1 is 1.56 bits per heavy atom. The average Bonchev–Trinajstić information content (AvgIpc) is 2.70. The fourth-order valence-corrected chi connectivity index (χ4v) is 3.82. The molecule has 1 aliphatic rings. The van der Waals surface area contributed by atoms with Crippen LogP contribution in [0.15, 0.2) is 12.4 Å². The van der Waals surface area contributed by atoms with E-state index in [-0.39, 0.29) is 24.1 Å². The van der Waals surface area contributed by atoms with Gasteiger partial charge in [0.15, 0.2) is 9.84 Å². The zero-order valence-electron chi connectivity index (χ0n) is 10.4. The van der Waals surface area contributed by atoms with Gasteiger partial charge in [0.1, 0.15) is 6.67 Å². The van der Waals surface area contributed by atoms with E-state index < -0.39 is 16.5 Å². The number of alkyl halides is 1. The van der Waals surface area contributed by atoms with Crippen molar-refractivity contribution in [1.82, 2.24) is 14.7 Å². The first kappa shape index (κ1) is 13.5. The van der Waals surface area contributed by atoms with E-state index in [4.69, 9.17) is 0 Å². The Hall–Kier alpha value is -0.950. The molecule has 1 saturated heterocycles. The summed E-state index contributed by atoms with van der Waals surface area (Å²) in [5, 5.41) is 4.06. The summed E-state index contributed by atoms with van der Waals surface area (Å²) in [6.45, 7) is 2.98. The second-order valence-corrected chi connectivity index (χ2v) is 6.96. The molecular weight excluding hydrogens is 257 g/mol. The van der Waals surface area contributed by atoms with E-state index in [1.165, 1.54) is 0 Å². The number of nitrogens with zero attached hydrogens (tertiary/aromatic N) is 3. The molecule has 1 unspecified atom stereocenters. The van der Waals surface area contributed by atoms with Gasteiger partial charge in [-0.2, -0.15) is 5.10 Å². The number of aromatic nitrogens is 2. The van der Waals surface area contributed by atoms with Gasteiger partial charge >= 0.3 is 0 Å². The summed E-state index contributed by atoms with van der Waals surface area (Å²) >= 11 is 0. The van der Waals surface area contributed by atoms with Crippen LogP contribution in [0, 0.1) is 0 Å². The molecule has 2 heterocycles. The molecule has 0 bridgehead atoms. The highest BCUT2D eigenvalue weighted by Gasteiger charge is 2.28. The van der Waals surface area contributed by atoms with Crippen LogP contribution in [0.3, 0.4) is 0 Å². The molecule has 0 aliphatic carbocycles. The maximum absolute atomic E-state index is 12.2. The second kappa shape index (κ2) is 5.36. The Morgan fingerprint density at radius 3 is 3.00 bits per heavy atom. The standard InChI is InChI=1S/C11H18FN3O2S/c1-10-9-18(16,17)5-4-14(10)7-11-6-13-15(8-11)3-2-12/h6,8,10H,2-5,7,9H2,1H3. The Bertz CT molecular complexity index is 500. The largest absolute Gasteiger partial charge is 0.294 e. The predicted molar refractivity (Wildman–Crippen MR) is 66.7 cm³/mol. The highest BCUT2D eigenvalue weighted by Crippen LogP contribution is 2.14. The van der Waals surface area contributed by atoms with E-state index in [1.54, 1.807) is 10.9 Å². The SMILES string of the molecule is CC1CS(=O)(=O)CCN1Cc1cnn(CCF)c1. The lowest BCUT2D eigenvalue weighted by molar-refractivity contribution is 0.218. The van der Waals surface area contributed by atoms with Crippen molar-refractivity contribution in [1.29, 1.82) is 0 Å². The molecule has 1 fully saturated rings. The first-order chi connectivity index (χ1) is 8.50. The molecule has 0 saturated carbocycles. The van der Waals surface area contributed by atoms with Gasteiger partial charge in [0, 0.05) is 30.9 Å². The minimum absolute atomic E-state index is 0.0216. The summed E-state index contributed by atoms with van der Waals surface area (Å²) in [6.07, 6.45) is 3.53. The summed E-state index contributed by atoms with van der Waals surface area (Å²) in [4.78, 5) is 2.12. The van der Waals surface area contributed by atoms with Crippen molar-refractivity contribution in [3.05, 3.63) is 18.0 Å². The maximum Gasteiger partial charge on any atom is 0.153 e. The lowest BCUT2D eigenvalue weighted by Gasteiger charge is -2.32. The van der Waals surface area contributed by atoms with E-state index in [9.17, 15) is 12.8 Å². The van der Waals surface area contributed by atoms with Crippen molar-refractivity contribution >= 4 is 9.84 Å². The minimum atomic E-state index is -2.87. The van der Waals surface area contributed by atoms with Crippen molar-refractivity contribution in [2.75, 3.05) is 24.7 Å². The topological polar surface area (TPSA) is 55.2 Å². The summed E-state index contributed by atoms with van der Waals surface area (Å²) in [7, 11) is -2.87. The molecule has 7 heteroatoms. The number of hydrogen-bond donors (Lipinski definition) is 0. The van der Waals surface area contributed by atoms with Gasteiger partial charge < -0.3 is 0 Å². The van der Waals surface area contributed by atoms with Crippen LogP contribution in [0.5, 0.6) is 0 Å². The summed E-state index contributed by atoms with van der Waals surface area (Å²) < 4.78 is 36.7. The predicted octanol–water partition coefficient (Wildman–Crippen LogP) is 0.471. The highest BCUT2D eigenvalue weighted by molar-refractivity contribution is 7.91. The van der Waals surface area contributed by atoms with E-state index in [0.29, 0.717) is 13.1 Å². The Morgan fingerprint density at radius 2 is 2.33 bits per heavy atom. The fraction of sp³-hybridized carbons (Fsp3) is 0.727. The van der Waals surface area contributed by atoms with Crippen LogP contribution in [-0.2, 0) is 22.9 Å². The molecular formula is C11H18FN3O2S. The van der Waals surface area contributed by atoms with E-state index in [1.807, 2.05) is 13.1 Å². The van der Waals surface area contributed by atoms with Crippen molar-refractivity contribution in [2.24, 2.45) is 0 Å². The van der Waals surface area contributed by atoms with Crippen LogP contribution in [0.4, 0.5) is 4.39 Å². The lowest BCUT2D eigenvalue weighted by Crippen LogP contribution is -2.46. The number of aryl methyl sites for hydroxylation is 1. The second-order valence-electron chi connectivity index (χ2n) is 4.73. The summed E-state index contributed by atoms with van der Waals surface area (Å²) in [5.41, 5.74) is 0.995. The molecule has 0 spiro atoms. The van der Waals surface area contributed by atoms with E-state index >= 15 is 0 Å². The van der Waals surface area contributed by atoms with Crippen LogP contribution in [0.2, 0.25) is 0 Å². The lowest BCUT2D eigenvalue weighted by atomic mass is 10.2. The van der Waals surface area contributed by atoms with Gasteiger partial charge in [0.25, 0.3) is 0 Å². The van der Waals surface area contributed by atoms with Crippen molar-refractivity contribution < 1.29 is 12.8 Å². The highest BCUT2D eigenvalue weighted by atomic mass is 32.2. The molecule has 102 valence electrons. The van der Waals surface area contributed by atoms with E-state index in [0.717, 1.165) is 5.56 Å². The Balaban J connectivity index is 1.97. The van der Waals surface area contributed by atoms with Gasteiger partial charge in [0.05, 0.1) is 24.2 Å². The van der Waals surface area contributed by atoms with Gasteiger partial charge in [-0.25, -0.2) is 12.8 Å². The minimum Gasteiger partial charge on any atom is -0.294 e. The average molecular weight is 275 g/mol. The molecule has 5 nitrogen and oxygen atoms in total. The first-order valence-corrected chi connectivity index (χ1v) is 7.84. The Labute approximate surface area is 107 Å². The molecule has 0 radical (unpaired) electrons. The number of rotatable bonds is 4. The molecule has 1 aromatic rings. The summed E-state index contributed by atoms with van der Waals surface area (Å²) in [6, 6.07) is 0.0216. The summed E-state index contributed by atoms with van der Waals surface area (Å²) in [5.74, 6) is 0.432. The third-order valence-electron chi connectivity index (χ3n) is 3.19. The first-order valence-electron chi connectivity index (χ1n) is 6.02. The molecule has 1 aliphatic heterocycles. The van der Waals surface area contributed by atoms with Crippen molar-refractivity contribution in [2.45, 2.75) is 26.1 Å². The van der Waals surface area contributed by atoms with Gasteiger partial charge in [0.2, 0.25) is 0 Å². The molecule has 2 rings (SSSR count). The number of sulfone groups is 1. The van der Waals surface area contributed by atoms with Crippen LogP contribution >= 0.6 is 0 Å². The van der Waals surface area contributed by atoms with Gasteiger partial charge in [-0.1, -0.05) is 0 Å². The molecule has 1 aromatic heterocycles. The zero-order valence-corrected chi connectivity index (χ0v) is 11.2. The van der Waals surface area contributed by atoms with Crippen LogP contribution < -0.4 is 0 Å². The quantitative estimate of drug-likeness (QED) is 0.801. The maximum atomic E-state index is 12.2. The van der Waals surface area contributed by atoms with Gasteiger partial charge in [-0.3, -0.25) is 9.58 Å². The smallest absolute Gasteiger partial charge is 0.153 e. The van der Waals surface area contributed by atoms with Gasteiger partial charge in [-0.05, 0) is 6.92 Å². The molecule has 0 aromatic carbocycles. The zero-order chi connectivity index (χ0) is 13.2. The van der Waals surface area contributed by atoms with Crippen LogP contribution in [0.1, 0.15) is 12.5 Å². The van der Waals surface area contributed by atoms with Crippen LogP contribution in [-0.4, -0.2) is 53.9 Å². The molecule has 0 amide bonds.